The van der Waals surface area contributed by atoms with Crippen LogP contribution >= 0.6 is 0 Å². The van der Waals surface area contributed by atoms with Gasteiger partial charge in [0.25, 0.3) is 0 Å². The van der Waals surface area contributed by atoms with Crippen LogP contribution in [0.15, 0.2) is 53.4 Å². The summed E-state index contributed by atoms with van der Waals surface area (Å²) in [6.45, 7) is 1.06. The number of likely N-dealkylation sites (N-methyl/N-ethyl adjacent to an activating group) is 1. The number of carboxylic acid groups (broad SMARTS) is 1. The maximum Gasteiger partial charge on any atom is 0.490 e. The first-order valence-corrected chi connectivity index (χ1v) is 12.4. The fourth-order valence-electron chi connectivity index (χ4n) is 4.20. The molecule has 2 aliphatic heterocycles. The van der Waals surface area contributed by atoms with E-state index in [1.54, 1.807) is 29.2 Å². The van der Waals surface area contributed by atoms with Crippen molar-refractivity contribution < 1.29 is 45.4 Å². The molecule has 4 rings (SSSR count). The summed E-state index contributed by atoms with van der Waals surface area (Å²) in [5.41, 5.74) is -0.0383. The number of benzene rings is 2. The van der Waals surface area contributed by atoms with Gasteiger partial charge in [-0.3, -0.25) is 9.69 Å². The Balaban J connectivity index is 0.000000479. The molecule has 37 heavy (non-hydrogen) atoms. The average molecular weight is 548 g/mol. The number of nitrogens with zero attached hydrogens (tertiary/aromatic N) is 3. The molecule has 9 nitrogen and oxygen atoms in total. The van der Waals surface area contributed by atoms with E-state index in [9.17, 15) is 30.8 Å². The van der Waals surface area contributed by atoms with Gasteiger partial charge in [0.2, 0.25) is 15.9 Å². The van der Waals surface area contributed by atoms with Gasteiger partial charge in [-0.1, -0.05) is 6.07 Å². The predicted octanol–water partition coefficient (Wildman–Crippen LogP) is 2.58. The predicted molar refractivity (Wildman–Crippen MR) is 124 cm³/mol. The monoisotopic (exact) mass is 547 g/mol. The Labute approximate surface area is 210 Å². The van der Waals surface area contributed by atoms with Crippen molar-refractivity contribution in [3.63, 3.8) is 0 Å². The highest BCUT2D eigenvalue weighted by Crippen LogP contribution is 2.36. The number of halogens is 4. The van der Waals surface area contributed by atoms with Crippen molar-refractivity contribution in [3.8, 4) is 5.75 Å². The van der Waals surface area contributed by atoms with Crippen molar-refractivity contribution in [3.05, 3.63) is 54.3 Å². The molecule has 2 aromatic rings. The van der Waals surface area contributed by atoms with Gasteiger partial charge in [-0.2, -0.15) is 17.5 Å². The van der Waals surface area contributed by atoms with E-state index in [2.05, 4.69) is 0 Å². The summed E-state index contributed by atoms with van der Waals surface area (Å²) < 4.78 is 78.3. The third-order valence-electron chi connectivity index (χ3n) is 6.29. The molecule has 0 bridgehead atoms. The van der Waals surface area contributed by atoms with Crippen molar-refractivity contribution in [1.29, 1.82) is 0 Å². The molecular formula is C23H25F4N3O6S. The number of carbonyl (C=O) groups excluding carboxylic acids is 1. The molecule has 0 radical (unpaired) electrons. The van der Waals surface area contributed by atoms with E-state index in [1.807, 2.05) is 11.9 Å². The number of ether oxygens (including phenoxy) is 1. The molecule has 1 N–H and O–H groups in total. The number of carbonyl (C=O) groups is 2. The summed E-state index contributed by atoms with van der Waals surface area (Å²) in [7, 11) is -0.313. The molecule has 2 aromatic carbocycles. The van der Waals surface area contributed by atoms with Gasteiger partial charge in [-0.15, -0.1) is 0 Å². The summed E-state index contributed by atoms with van der Waals surface area (Å²) in [4.78, 5) is 25.2. The summed E-state index contributed by atoms with van der Waals surface area (Å²) >= 11 is 0. The Bertz CT molecular complexity index is 1260. The van der Waals surface area contributed by atoms with E-state index in [4.69, 9.17) is 14.6 Å². The van der Waals surface area contributed by atoms with Crippen molar-refractivity contribution in [2.45, 2.75) is 23.0 Å². The minimum Gasteiger partial charge on any atom is -0.497 e. The standard InChI is InChI=1S/C21H24FN3O4S.C2HF3O2/c1-23-13-20(26)25(17-5-3-4-16(22)12-17)15-21(23)10-11-24(14-21)30(27,28)19-8-6-18(29-2)7-9-19;3-2(4,5)1(6)7/h3-9,12H,10-11,13-15H2,1-2H3;(H,6,7). The average Bonchev–Trinajstić information content (AvgIpc) is 3.27. The number of carboxylic acids is 1. The number of amides is 1. The lowest BCUT2D eigenvalue weighted by Gasteiger charge is -2.46. The zero-order valence-corrected chi connectivity index (χ0v) is 20.7. The zero-order chi connectivity index (χ0) is 27.6. The third-order valence-corrected chi connectivity index (χ3v) is 8.15. The number of rotatable bonds is 4. The molecule has 1 amide bonds. The Kier molecular flexibility index (Phi) is 8.15. The zero-order valence-electron chi connectivity index (χ0n) is 19.9. The number of aliphatic carboxylic acids is 1. The number of hydrogen-bond donors (Lipinski definition) is 1. The highest BCUT2D eigenvalue weighted by molar-refractivity contribution is 7.89. The lowest BCUT2D eigenvalue weighted by atomic mass is 9.92. The fourth-order valence-corrected chi connectivity index (χ4v) is 5.72. The van der Waals surface area contributed by atoms with Crippen LogP contribution in [-0.2, 0) is 19.6 Å². The van der Waals surface area contributed by atoms with Crippen molar-refractivity contribution >= 4 is 27.6 Å². The highest BCUT2D eigenvalue weighted by Gasteiger charge is 2.50. The molecule has 1 atom stereocenters. The smallest absolute Gasteiger partial charge is 0.490 e. The molecule has 2 heterocycles. The van der Waals surface area contributed by atoms with E-state index >= 15 is 0 Å². The molecule has 1 unspecified atom stereocenters. The van der Waals surface area contributed by atoms with Crippen LogP contribution in [-0.4, -0.2) is 86.7 Å². The largest absolute Gasteiger partial charge is 0.497 e. The molecule has 0 aromatic heterocycles. The Morgan fingerprint density at radius 3 is 2.27 bits per heavy atom. The first-order valence-electron chi connectivity index (χ1n) is 10.9. The maximum atomic E-state index is 13.7. The quantitative estimate of drug-likeness (QED) is 0.587. The van der Waals surface area contributed by atoms with Crippen LogP contribution in [0.25, 0.3) is 0 Å². The summed E-state index contributed by atoms with van der Waals surface area (Å²) in [6, 6.07) is 12.2. The van der Waals surface area contributed by atoms with Crippen LogP contribution in [0.1, 0.15) is 6.42 Å². The Morgan fingerprint density at radius 1 is 1.11 bits per heavy atom. The van der Waals surface area contributed by atoms with Gasteiger partial charge in [-0.25, -0.2) is 17.6 Å². The fraction of sp³-hybridized carbons (Fsp3) is 0.391. The van der Waals surface area contributed by atoms with Crippen LogP contribution in [0.2, 0.25) is 0 Å². The molecule has 2 fully saturated rings. The van der Waals surface area contributed by atoms with Gasteiger partial charge in [0, 0.05) is 25.3 Å². The van der Waals surface area contributed by atoms with Gasteiger partial charge < -0.3 is 14.7 Å². The number of hydrogen-bond acceptors (Lipinski definition) is 6. The lowest BCUT2D eigenvalue weighted by Crippen LogP contribution is -2.64. The maximum absolute atomic E-state index is 13.7. The minimum absolute atomic E-state index is 0.134. The topological polar surface area (TPSA) is 107 Å². The van der Waals surface area contributed by atoms with Gasteiger partial charge >= 0.3 is 12.1 Å². The van der Waals surface area contributed by atoms with Gasteiger partial charge in [0.1, 0.15) is 11.6 Å². The van der Waals surface area contributed by atoms with Crippen LogP contribution in [0, 0.1) is 5.82 Å². The summed E-state index contributed by atoms with van der Waals surface area (Å²) in [5, 5.41) is 7.12. The molecule has 1 spiro atoms. The van der Waals surface area contributed by atoms with Crippen LogP contribution in [0.5, 0.6) is 5.75 Å². The van der Waals surface area contributed by atoms with E-state index in [1.165, 1.54) is 35.7 Å². The summed E-state index contributed by atoms with van der Waals surface area (Å²) in [6.07, 6.45) is -4.50. The van der Waals surface area contributed by atoms with E-state index in [0.717, 1.165) is 0 Å². The number of piperazine rings is 1. The van der Waals surface area contributed by atoms with Crippen molar-refractivity contribution in [2.75, 3.05) is 45.2 Å². The van der Waals surface area contributed by atoms with Crippen LogP contribution in [0.4, 0.5) is 23.2 Å². The first-order chi connectivity index (χ1) is 17.2. The second-order valence-electron chi connectivity index (χ2n) is 8.61. The number of anilines is 1. The van der Waals surface area contributed by atoms with E-state index < -0.39 is 33.5 Å². The molecule has 0 aliphatic carbocycles. The molecular weight excluding hydrogens is 522 g/mol. The van der Waals surface area contributed by atoms with E-state index in [-0.39, 0.29) is 23.9 Å². The molecule has 2 saturated heterocycles. The molecule has 2 aliphatic rings. The van der Waals surface area contributed by atoms with Crippen LogP contribution in [0.3, 0.4) is 0 Å². The van der Waals surface area contributed by atoms with Gasteiger partial charge in [-0.05, 0) is 55.9 Å². The minimum atomic E-state index is -5.08. The Hall–Kier alpha value is -3.23. The second-order valence-corrected chi connectivity index (χ2v) is 10.5. The highest BCUT2D eigenvalue weighted by atomic mass is 32.2. The first kappa shape index (κ1) is 28.3. The number of sulfonamides is 1. The summed E-state index contributed by atoms with van der Waals surface area (Å²) in [5.74, 6) is -2.72. The molecule has 14 heteroatoms. The number of methoxy groups -OCH3 is 1. The Morgan fingerprint density at radius 2 is 1.73 bits per heavy atom. The lowest BCUT2D eigenvalue weighted by molar-refractivity contribution is -0.192. The van der Waals surface area contributed by atoms with Crippen LogP contribution < -0.4 is 9.64 Å². The third kappa shape index (κ3) is 6.19. The second kappa shape index (κ2) is 10.6. The SMILES string of the molecule is COc1ccc(S(=O)(=O)N2CCC3(CN(c4cccc(F)c4)C(=O)CN3C)C2)cc1.O=C(O)C(F)(F)F. The molecule has 202 valence electrons. The number of alkyl halides is 3. The normalized spacial score (nSPS) is 21.0. The molecule has 0 saturated carbocycles. The van der Waals surface area contributed by atoms with Crippen molar-refractivity contribution in [1.82, 2.24) is 9.21 Å². The van der Waals surface area contributed by atoms with Crippen molar-refractivity contribution in [2.24, 2.45) is 0 Å². The van der Waals surface area contributed by atoms with E-state index in [0.29, 0.717) is 30.9 Å². The van der Waals surface area contributed by atoms with Gasteiger partial charge in [0.15, 0.2) is 0 Å². The van der Waals surface area contributed by atoms with Gasteiger partial charge in [0.05, 0.1) is 24.1 Å².